The van der Waals surface area contributed by atoms with Crippen LogP contribution in [0.2, 0.25) is 0 Å². The summed E-state index contributed by atoms with van der Waals surface area (Å²) in [4.78, 5) is 15.0. The van der Waals surface area contributed by atoms with E-state index in [1.807, 2.05) is 51.1 Å². The number of fused-ring (bicyclic) bond motifs is 1. The number of aromatic amines is 2. The average molecular weight is 466 g/mol. The molecule has 3 heterocycles. The summed E-state index contributed by atoms with van der Waals surface area (Å²) >= 11 is 1.72. The Bertz CT molecular complexity index is 1590. The molecule has 0 radical (unpaired) electrons. The van der Waals surface area contributed by atoms with Crippen molar-refractivity contribution in [3.63, 3.8) is 0 Å². The van der Waals surface area contributed by atoms with Gasteiger partial charge >= 0.3 is 0 Å². The van der Waals surface area contributed by atoms with Crippen molar-refractivity contribution in [1.82, 2.24) is 20.2 Å². The predicted molar refractivity (Wildman–Crippen MR) is 147 cm³/mol. The van der Waals surface area contributed by atoms with Crippen molar-refractivity contribution in [1.29, 1.82) is 0 Å². The Morgan fingerprint density at radius 1 is 1.18 bits per heavy atom. The van der Waals surface area contributed by atoms with Crippen molar-refractivity contribution < 1.29 is 0 Å². The maximum absolute atomic E-state index is 4.90. The highest BCUT2D eigenvalue weighted by molar-refractivity contribution is 7.16. The summed E-state index contributed by atoms with van der Waals surface area (Å²) in [6, 6.07) is 10.4. The zero-order valence-corrected chi connectivity index (χ0v) is 20.5. The lowest BCUT2D eigenvalue weighted by molar-refractivity contribution is 1.06. The van der Waals surface area contributed by atoms with E-state index in [9.17, 15) is 0 Å². The van der Waals surface area contributed by atoms with E-state index in [2.05, 4.69) is 58.1 Å². The molecule has 4 rings (SSSR count). The molecular weight excluding hydrogens is 438 g/mol. The summed E-state index contributed by atoms with van der Waals surface area (Å²) in [5.74, 6) is 0.686. The van der Waals surface area contributed by atoms with Gasteiger partial charge in [0.2, 0.25) is 0 Å². The number of nitrogens with one attached hydrogen (secondary N) is 2. The summed E-state index contributed by atoms with van der Waals surface area (Å²) in [6.45, 7) is 18.0. The van der Waals surface area contributed by atoms with Gasteiger partial charge in [-0.25, -0.2) is 4.98 Å². The van der Waals surface area contributed by atoms with E-state index in [1.165, 1.54) is 4.88 Å². The maximum atomic E-state index is 4.90. The first-order valence-corrected chi connectivity index (χ1v) is 11.7. The van der Waals surface area contributed by atoms with E-state index < -0.39 is 0 Å². The van der Waals surface area contributed by atoms with Gasteiger partial charge in [-0.3, -0.25) is 10.1 Å². The van der Waals surface area contributed by atoms with Crippen LogP contribution in [0.25, 0.3) is 51.2 Å². The Balaban J connectivity index is 1.73. The van der Waals surface area contributed by atoms with Gasteiger partial charge < -0.3 is 4.98 Å². The number of aliphatic imine (C=N–C) groups is 1. The fraction of sp³-hybridized carbons (Fsp3) is 0.107. The van der Waals surface area contributed by atoms with E-state index in [4.69, 9.17) is 4.98 Å². The fourth-order valence-electron chi connectivity index (χ4n) is 3.60. The molecule has 6 heteroatoms. The van der Waals surface area contributed by atoms with Gasteiger partial charge in [-0.05, 0) is 56.2 Å². The topological polar surface area (TPSA) is 69.7 Å². The quantitative estimate of drug-likeness (QED) is 0.259. The zero-order valence-electron chi connectivity index (χ0n) is 19.6. The number of thiophene rings is 1. The van der Waals surface area contributed by atoms with Crippen LogP contribution in [0.5, 0.6) is 0 Å². The van der Waals surface area contributed by atoms with Crippen molar-refractivity contribution in [3.8, 4) is 22.0 Å². The summed E-state index contributed by atoms with van der Waals surface area (Å²) < 4.78 is 0. The van der Waals surface area contributed by atoms with Gasteiger partial charge in [0, 0.05) is 26.8 Å². The van der Waals surface area contributed by atoms with Crippen LogP contribution >= 0.6 is 11.3 Å². The summed E-state index contributed by atoms with van der Waals surface area (Å²) in [5, 5.41) is 9.18. The SMILES string of the molecule is C=CC=NC(=C\C)/C(C)=C/C=c1/[nH]nc(-c2nc3c(-c4ccc(C(=C)C)s4)cccc3[nH]2)c1=C. The highest BCUT2D eigenvalue weighted by Gasteiger charge is 2.14. The second-order valence-electron chi connectivity index (χ2n) is 7.90. The number of imidazole rings is 1. The summed E-state index contributed by atoms with van der Waals surface area (Å²) in [5.41, 5.74) is 6.62. The predicted octanol–water partition coefficient (Wildman–Crippen LogP) is 6.01. The molecule has 0 fully saturated rings. The molecule has 5 nitrogen and oxygen atoms in total. The Labute approximate surface area is 203 Å². The number of hydrogen-bond donors (Lipinski definition) is 2. The third-order valence-corrected chi connectivity index (χ3v) is 6.71. The molecule has 0 aliphatic rings. The van der Waals surface area contributed by atoms with Gasteiger partial charge in [0.05, 0.1) is 22.1 Å². The van der Waals surface area contributed by atoms with Crippen LogP contribution in [0.4, 0.5) is 0 Å². The van der Waals surface area contributed by atoms with E-state index in [1.54, 1.807) is 23.6 Å². The number of benzene rings is 1. The molecular formula is C28H27N5S. The van der Waals surface area contributed by atoms with Gasteiger partial charge in [-0.1, -0.05) is 50.1 Å². The molecule has 0 spiro atoms. The molecule has 2 N–H and O–H groups in total. The third-order valence-electron chi connectivity index (χ3n) is 5.42. The normalized spacial score (nSPS) is 13.3. The average Bonchev–Trinajstić information content (AvgIpc) is 3.56. The van der Waals surface area contributed by atoms with Crippen LogP contribution < -0.4 is 10.6 Å². The largest absolute Gasteiger partial charge is 0.337 e. The van der Waals surface area contributed by atoms with Crippen LogP contribution in [-0.4, -0.2) is 26.4 Å². The third kappa shape index (κ3) is 4.54. The Hall–Kier alpha value is -4.03. The highest BCUT2D eigenvalue weighted by atomic mass is 32.1. The van der Waals surface area contributed by atoms with Crippen molar-refractivity contribution in [2.75, 3.05) is 0 Å². The first kappa shape index (κ1) is 23.1. The van der Waals surface area contributed by atoms with Crippen molar-refractivity contribution in [3.05, 3.63) is 88.4 Å². The van der Waals surface area contributed by atoms with Crippen LogP contribution in [0, 0.1) is 0 Å². The number of H-pyrrole nitrogens is 2. The van der Waals surface area contributed by atoms with Gasteiger partial charge in [0.15, 0.2) is 5.82 Å². The smallest absolute Gasteiger partial charge is 0.159 e. The molecule has 34 heavy (non-hydrogen) atoms. The molecule has 4 aromatic rings. The molecule has 0 saturated carbocycles. The van der Waals surface area contributed by atoms with Crippen LogP contribution in [-0.2, 0) is 0 Å². The Morgan fingerprint density at radius 2 is 2.00 bits per heavy atom. The van der Waals surface area contributed by atoms with Crippen LogP contribution in [0.15, 0.2) is 78.0 Å². The van der Waals surface area contributed by atoms with Crippen LogP contribution in [0.3, 0.4) is 0 Å². The number of aromatic nitrogens is 4. The lowest BCUT2D eigenvalue weighted by Crippen LogP contribution is -2.21. The molecule has 0 aliphatic heterocycles. The monoisotopic (exact) mass is 465 g/mol. The molecule has 0 atom stereocenters. The fourth-order valence-corrected chi connectivity index (χ4v) is 4.56. The van der Waals surface area contributed by atoms with E-state index in [0.717, 1.165) is 48.9 Å². The van der Waals surface area contributed by atoms with Crippen LogP contribution in [0.1, 0.15) is 25.6 Å². The molecule has 0 amide bonds. The standard InChI is InChI=1S/C28H27N5S/c1-7-16-29-21(8-2)18(5)12-13-22-19(6)26(33-32-22)28-30-23-11-9-10-20(27(23)31-28)25-15-14-24(34-25)17(3)4/h7-16,32H,1,3,6H2,2,4-5H3,(H,30,31)/b18-12+,21-8-,22-13+,29-16?. The molecule has 0 unspecified atom stereocenters. The number of para-hydroxylation sites is 1. The lowest BCUT2D eigenvalue weighted by atomic mass is 10.1. The molecule has 3 aromatic heterocycles. The summed E-state index contributed by atoms with van der Waals surface area (Å²) in [6.07, 6.45) is 9.25. The zero-order chi connectivity index (χ0) is 24.2. The Kier molecular flexibility index (Phi) is 6.70. The van der Waals surface area contributed by atoms with Gasteiger partial charge in [0.1, 0.15) is 5.69 Å². The second kappa shape index (κ2) is 9.85. The number of rotatable bonds is 7. The lowest BCUT2D eigenvalue weighted by Gasteiger charge is -1.98. The molecule has 0 saturated heterocycles. The molecule has 0 bridgehead atoms. The van der Waals surface area contributed by atoms with E-state index in [0.29, 0.717) is 11.5 Å². The summed E-state index contributed by atoms with van der Waals surface area (Å²) in [7, 11) is 0. The molecule has 1 aromatic carbocycles. The molecule has 170 valence electrons. The minimum atomic E-state index is 0.686. The maximum Gasteiger partial charge on any atom is 0.159 e. The van der Waals surface area contributed by atoms with Crippen molar-refractivity contribution >= 4 is 46.8 Å². The molecule has 0 aliphatic carbocycles. The van der Waals surface area contributed by atoms with E-state index in [-0.39, 0.29) is 0 Å². The van der Waals surface area contributed by atoms with Crippen molar-refractivity contribution in [2.24, 2.45) is 4.99 Å². The number of hydrogen-bond acceptors (Lipinski definition) is 4. The number of allylic oxidation sites excluding steroid dienone is 5. The highest BCUT2D eigenvalue weighted by Crippen LogP contribution is 2.35. The minimum Gasteiger partial charge on any atom is -0.337 e. The van der Waals surface area contributed by atoms with Gasteiger partial charge in [-0.15, -0.1) is 11.3 Å². The minimum absolute atomic E-state index is 0.686. The van der Waals surface area contributed by atoms with Gasteiger partial charge in [-0.2, -0.15) is 5.10 Å². The first-order chi connectivity index (χ1) is 16.4. The Morgan fingerprint density at radius 3 is 2.71 bits per heavy atom. The second-order valence-corrected chi connectivity index (χ2v) is 8.98. The first-order valence-electron chi connectivity index (χ1n) is 10.9. The van der Waals surface area contributed by atoms with Gasteiger partial charge in [0.25, 0.3) is 0 Å². The van der Waals surface area contributed by atoms with Crippen molar-refractivity contribution in [2.45, 2.75) is 20.8 Å². The number of nitrogens with zero attached hydrogens (tertiary/aromatic N) is 3. The van der Waals surface area contributed by atoms with E-state index >= 15 is 0 Å².